The molecular weight excluding hydrogens is 349 g/mol. The van der Waals surface area contributed by atoms with Gasteiger partial charge in [-0.05, 0) is 43.5 Å². The van der Waals surface area contributed by atoms with Crippen LogP contribution in [-0.4, -0.2) is 40.4 Å². The first-order valence-corrected chi connectivity index (χ1v) is 10.7. The Kier molecular flexibility index (Phi) is 6.94. The van der Waals surface area contributed by atoms with Crippen LogP contribution in [0.3, 0.4) is 0 Å². The SMILES string of the molecule is CCCN1C(=NC2CCCCC2)SCC1CC(=O)Nc1ccc(F)cc1. The van der Waals surface area contributed by atoms with Gasteiger partial charge in [-0.1, -0.05) is 37.9 Å². The van der Waals surface area contributed by atoms with E-state index in [9.17, 15) is 9.18 Å². The number of nitrogens with zero attached hydrogens (tertiary/aromatic N) is 2. The maximum atomic E-state index is 13.0. The summed E-state index contributed by atoms with van der Waals surface area (Å²) in [6, 6.07) is 6.55. The van der Waals surface area contributed by atoms with Crippen molar-refractivity contribution in [1.29, 1.82) is 0 Å². The number of carbonyl (C=O) groups excluding carboxylic acids is 1. The first kappa shape index (κ1) is 19.2. The molecule has 142 valence electrons. The summed E-state index contributed by atoms with van der Waals surface area (Å²) in [5, 5.41) is 4.00. The smallest absolute Gasteiger partial charge is 0.226 e. The molecule has 2 fully saturated rings. The van der Waals surface area contributed by atoms with Crippen LogP contribution in [0.5, 0.6) is 0 Å². The Balaban J connectivity index is 1.60. The Morgan fingerprint density at radius 3 is 2.69 bits per heavy atom. The van der Waals surface area contributed by atoms with Gasteiger partial charge >= 0.3 is 0 Å². The number of halogens is 1. The number of amidine groups is 1. The lowest BCUT2D eigenvalue weighted by molar-refractivity contribution is -0.116. The summed E-state index contributed by atoms with van der Waals surface area (Å²) in [6.45, 7) is 3.10. The second kappa shape index (κ2) is 9.40. The number of anilines is 1. The Bertz CT molecular complexity index is 628. The van der Waals surface area contributed by atoms with Gasteiger partial charge in [0.15, 0.2) is 5.17 Å². The Morgan fingerprint density at radius 2 is 2.00 bits per heavy atom. The van der Waals surface area contributed by atoms with Gasteiger partial charge in [-0.3, -0.25) is 9.79 Å². The molecule has 1 heterocycles. The van der Waals surface area contributed by atoms with Crippen LogP contribution in [0.25, 0.3) is 0 Å². The van der Waals surface area contributed by atoms with Gasteiger partial charge in [0.25, 0.3) is 0 Å². The quantitative estimate of drug-likeness (QED) is 0.783. The number of amides is 1. The van der Waals surface area contributed by atoms with Crippen LogP contribution in [0.4, 0.5) is 10.1 Å². The van der Waals surface area contributed by atoms with Crippen LogP contribution >= 0.6 is 11.8 Å². The number of rotatable bonds is 6. The van der Waals surface area contributed by atoms with Crippen molar-refractivity contribution in [3.63, 3.8) is 0 Å². The number of carbonyl (C=O) groups is 1. The van der Waals surface area contributed by atoms with Crippen molar-refractivity contribution in [2.24, 2.45) is 4.99 Å². The number of hydrogen-bond acceptors (Lipinski definition) is 3. The lowest BCUT2D eigenvalue weighted by Gasteiger charge is -2.27. The van der Waals surface area contributed by atoms with Crippen LogP contribution in [0.15, 0.2) is 29.3 Å². The predicted octanol–water partition coefficient (Wildman–Crippen LogP) is 4.67. The van der Waals surface area contributed by atoms with Crippen molar-refractivity contribution in [2.45, 2.75) is 64.0 Å². The lowest BCUT2D eigenvalue weighted by atomic mass is 9.96. The fourth-order valence-corrected chi connectivity index (χ4v) is 4.89. The highest BCUT2D eigenvalue weighted by Gasteiger charge is 2.32. The van der Waals surface area contributed by atoms with Gasteiger partial charge in [0, 0.05) is 30.4 Å². The van der Waals surface area contributed by atoms with Gasteiger partial charge in [-0.2, -0.15) is 0 Å². The molecule has 0 bridgehead atoms. The van der Waals surface area contributed by atoms with E-state index in [0.29, 0.717) is 18.2 Å². The minimum atomic E-state index is -0.298. The molecule has 0 spiro atoms. The number of nitrogens with one attached hydrogen (secondary N) is 1. The highest BCUT2D eigenvalue weighted by atomic mass is 32.2. The molecule has 1 unspecified atom stereocenters. The van der Waals surface area contributed by atoms with Crippen molar-refractivity contribution < 1.29 is 9.18 Å². The molecule has 6 heteroatoms. The lowest BCUT2D eigenvalue weighted by Crippen LogP contribution is -2.37. The molecule has 1 aliphatic carbocycles. The Hall–Kier alpha value is -1.56. The maximum Gasteiger partial charge on any atom is 0.226 e. The van der Waals surface area contributed by atoms with Crippen molar-refractivity contribution in [2.75, 3.05) is 17.6 Å². The van der Waals surface area contributed by atoms with E-state index in [4.69, 9.17) is 4.99 Å². The van der Waals surface area contributed by atoms with Crippen LogP contribution in [-0.2, 0) is 4.79 Å². The molecule has 1 saturated heterocycles. The van der Waals surface area contributed by atoms with Gasteiger partial charge in [-0.15, -0.1) is 0 Å². The summed E-state index contributed by atoms with van der Waals surface area (Å²) in [5.74, 6) is 0.581. The Morgan fingerprint density at radius 1 is 1.27 bits per heavy atom. The molecule has 26 heavy (non-hydrogen) atoms. The van der Waals surface area contributed by atoms with Crippen molar-refractivity contribution >= 4 is 28.5 Å². The molecule has 2 aliphatic rings. The van der Waals surface area contributed by atoms with Crippen LogP contribution in [0.1, 0.15) is 51.9 Å². The second-order valence-electron chi connectivity index (χ2n) is 7.12. The minimum Gasteiger partial charge on any atom is -0.347 e. The van der Waals surface area contributed by atoms with E-state index in [-0.39, 0.29) is 17.8 Å². The molecule has 4 nitrogen and oxygen atoms in total. The van der Waals surface area contributed by atoms with Crippen molar-refractivity contribution in [3.8, 4) is 0 Å². The first-order valence-electron chi connectivity index (χ1n) is 9.68. The zero-order chi connectivity index (χ0) is 18.4. The van der Waals surface area contributed by atoms with Crippen LogP contribution in [0, 0.1) is 5.82 Å². The fourth-order valence-electron chi connectivity index (χ4n) is 3.63. The molecule has 1 aromatic carbocycles. The van der Waals surface area contributed by atoms with Crippen LogP contribution in [0.2, 0.25) is 0 Å². The molecule has 1 saturated carbocycles. The molecule has 0 aromatic heterocycles. The normalized spacial score (nSPS) is 22.8. The summed E-state index contributed by atoms with van der Waals surface area (Å²) < 4.78 is 13.0. The first-order chi connectivity index (χ1) is 12.7. The van der Waals surface area contributed by atoms with Gasteiger partial charge < -0.3 is 10.2 Å². The molecule has 1 atom stereocenters. The van der Waals surface area contributed by atoms with Crippen LogP contribution < -0.4 is 5.32 Å². The van der Waals surface area contributed by atoms with E-state index >= 15 is 0 Å². The summed E-state index contributed by atoms with van der Waals surface area (Å²) in [7, 11) is 0. The zero-order valence-electron chi connectivity index (χ0n) is 15.4. The second-order valence-corrected chi connectivity index (χ2v) is 8.11. The van der Waals surface area contributed by atoms with E-state index in [1.165, 1.54) is 44.2 Å². The molecule has 1 N–H and O–H groups in total. The van der Waals surface area contributed by atoms with E-state index < -0.39 is 0 Å². The zero-order valence-corrected chi connectivity index (χ0v) is 16.2. The average molecular weight is 378 g/mol. The third-order valence-corrected chi connectivity index (χ3v) is 6.12. The summed E-state index contributed by atoms with van der Waals surface area (Å²) in [4.78, 5) is 19.8. The summed E-state index contributed by atoms with van der Waals surface area (Å²) >= 11 is 1.79. The topological polar surface area (TPSA) is 44.7 Å². The third kappa shape index (κ3) is 5.22. The predicted molar refractivity (Wildman–Crippen MR) is 107 cm³/mol. The molecule has 3 rings (SSSR count). The van der Waals surface area contributed by atoms with E-state index in [2.05, 4.69) is 17.1 Å². The van der Waals surface area contributed by atoms with Gasteiger partial charge in [0.05, 0.1) is 6.04 Å². The van der Waals surface area contributed by atoms with Gasteiger partial charge in [0.2, 0.25) is 5.91 Å². The maximum absolute atomic E-state index is 13.0. The third-order valence-electron chi connectivity index (χ3n) is 4.97. The molecule has 1 amide bonds. The molecular formula is C20H28FN3OS. The van der Waals surface area contributed by atoms with E-state index in [1.54, 1.807) is 23.9 Å². The molecule has 1 aromatic rings. The minimum absolute atomic E-state index is 0.0257. The number of benzene rings is 1. The van der Waals surface area contributed by atoms with E-state index in [1.807, 2.05) is 0 Å². The fraction of sp³-hybridized carbons (Fsp3) is 0.600. The standard InChI is InChI=1S/C20H28FN3OS/c1-2-12-24-18(13-19(25)22-17-10-8-15(21)9-11-17)14-26-20(24)23-16-6-4-3-5-7-16/h8-11,16,18H,2-7,12-14H2,1H3,(H,22,25). The molecule has 1 aliphatic heterocycles. The number of thioether (sulfide) groups is 1. The molecule has 0 radical (unpaired) electrons. The van der Waals surface area contributed by atoms with E-state index in [0.717, 1.165) is 23.9 Å². The number of aliphatic imine (C=N–C) groups is 1. The Labute approximate surface area is 159 Å². The largest absolute Gasteiger partial charge is 0.347 e. The van der Waals surface area contributed by atoms with Gasteiger partial charge in [0.1, 0.15) is 5.82 Å². The summed E-state index contributed by atoms with van der Waals surface area (Å²) in [6.07, 6.45) is 7.76. The van der Waals surface area contributed by atoms with Crippen molar-refractivity contribution in [1.82, 2.24) is 4.90 Å². The summed E-state index contributed by atoms with van der Waals surface area (Å²) in [5.41, 5.74) is 0.639. The number of hydrogen-bond donors (Lipinski definition) is 1. The van der Waals surface area contributed by atoms with Crippen molar-refractivity contribution in [3.05, 3.63) is 30.1 Å². The van der Waals surface area contributed by atoms with Gasteiger partial charge in [-0.25, -0.2) is 4.39 Å². The monoisotopic (exact) mass is 377 g/mol. The highest BCUT2D eigenvalue weighted by Crippen LogP contribution is 2.29. The highest BCUT2D eigenvalue weighted by molar-refractivity contribution is 8.14. The average Bonchev–Trinajstić information content (AvgIpc) is 3.00.